The number of anilines is 2. The SMILES string of the molecule is CNc1nc(NC2=CC=C(C(N)=O)CC2(CCOC)OC)ncc1C(F)(F)F. The van der Waals surface area contributed by atoms with E-state index in [4.69, 9.17) is 15.2 Å². The van der Waals surface area contributed by atoms with Crippen LogP contribution in [-0.4, -0.2) is 49.4 Å². The highest BCUT2D eigenvalue weighted by molar-refractivity contribution is 5.93. The predicted octanol–water partition coefficient (Wildman–Crippen LogP) is 2.07. The quantitative estimate of drug-likeness (QED) is 0.611. The van der Waals surface area contributed by atoms with E-state index in [1.807, 2.05) is 0 Å². The molecule has 0 bridgehead atoms. The molecule has 0 radical (unpaired) electrons. The first kappa shape index (κ1) is 21.6. The lowest BCUT2D eigenvalue weighted by Gasteiger charge is -2.37. The van der Waals surface area contributed by atoms with Gasteiger partial charge in [-0.2, -0.15) is 18.2 Å². The van der Waals surface area contributed by atoms with Crippen molar-refractivity contribution in [2.45, 2.75) is 24.6 Å². The summed E-state index contributed by atoms with van der Waals surface area (Å²) in [5.41, 5.74) is 4.23. The molecule has 0 fully saturated rings. The summed E-state index contributed by atoms with van der Waals surface area (Å²) in [5.74, 6) is -1.01. The number of carbonyl (C=O) groups is 1. The molecule has 1 atom stereocenters. The first-order valence-electron chi connectivity index (χ1n) is 8.31. The molecule has 1 aliphatic carbocycles. The number of alkyl halides is 3. The number of hydrogen-bond acceptors (Lipinski definition) is 7. The fourth-order valence-electron chi connectivity index (χ4n) is 2.86. The van der Waals surface area contributed by atoms with Gasteiger partial charge in [0.25, 0.3) is 0 Å². The molecule has 1 aliphatic rings. The van der Waals surface area contributed by atoms with E-state index in [2.05, 4.69) is 20.6 Å². The van der Waals surface area contributed by atoms with Crippen LogP contribution in [0.4, 0.5) is 24.9 Å². The van der Waals surface area contributed by atoms with Gasteiger partial charge in [0.05, 0.1) is 5.70 Å². The van der Waals surface area contributed by atoms with E-state index in [9.17, 15) is 18.0 Å². The van der Waals surface area contributed by atoms with Gasteiger partial charge in [0.2, 0.25) is 11.9 Å². The highest BCUT2D eigenvalue weighted by Gasteiger charge is 2.39. The zero-order valence-corrected chi connectivity index (χ0v) is 15.7. The van der Waals surface area contributed by atoms with Crippen molar-refractivity contribution < 1.29 is 27.4 Å². The number of hydrogen-bond donors (Lipinski definition) is 3. The Bertz CT molecular complexity index is 795. The maximum Gasteiger partial charge on any atom is 0.421 e. The summed E-state index contributed by atoms with van der Waals surface area (Å²) in [6, 6.07) is 0. The second kappa shape index (κ2) is 8.57. The molecular weight excluding hydrogens is 379 g/mol. The summed E-state index contributed by atoms with van der Waals surface area (Å²) in [5, 5.41) is 5.31. The van der Waals surface area contributed by atoms with E-state index in [1.54, 1.807) is 6.08 Å². The second-order valence-corrected chi connectivity index (χ2v) is 6.08. The molecule has 11 heteroatoms. The first-order valence-corrected chi connectivity index (χ1v) is 8.31. The van der Waals surface area contributed by atoms with Gasteiger partial charge < -0.3 is 25.8 Å². The minimum Gasteiger partial charge on any atom is -0.385 e. The molecule has 0 spiro atoms. The second-order valence-electron chi connectivity index (χ2n) is 6.08. The van der Waals surface area contributed by atoms with Crippen LogP contribution < -0.4 is 16.4 Å². The van der Waals surface area contributed by atoms with E-state index in [0.717, 1.165) is 0 Å². The van der Waals surface area contributed by atoms with Crippen LogP contribution in [-0.2, 0) is 20.4 Å². The smallest absolute Gasteiger partial charge is 0.385 e. The fourth-order valence-corrected chi connectivity index (χ4v) is 2.86. The van der Waals surface area contributed by atoms with Crippen molar-refractivity contribution in [2.75, 3.05) is 38.5 Å². The fraction of sp³-hybridized carbons (Fsp3) is 0.471. The Morgan fingerprint density at radius 1 is 1.36 bits per heavy atom. The summed E-state index contributed by atoms with van der Waals surface area (Å²) >= 11 is 0. The predicted molar refractivity (Wildman–Crippen MR) is 96.4 cm³/mol. The summed E-state index contributed by atoms with van der Waals surface area (Å²) in [6.45, 7) is 0.314. The first-order chi connectivity index (χ1) is 13.2. The maximum absolute atomic E-state index is 13.0. The average Bonchev–Trinajstić information content (AvgIpc) is 2.66. The minimum absolute atomic E-state index is 0.0571. The number of amides is 1. The number of primary amides is 1. The van der Waals surface area contributed by atoms with Crippen LogP contribution in [0, 0.1) is 0 Å². The molecule has 1 unspecified atom stereocenters. The molecule has 0 saturated heterocycles. The minimum atomic E-state index is -4.59. The Balaban J connectivity index is 2.41. The number of nitrogens with zero attached hydrogens (tertiary/aromatic N) is 2. The summed E-state index contributed by atoms with van der Waals surface area (Å²) in [6.07, 6.45) is -0.266. The van der Waals surface area contributed by atoms with Crippen LogP contribution in [0.25, 0.3) is 0 Å². The van der Waals surface area contributed by atoms with Gasteiger partial charge in [0, 0.05) is 52.5 Å². The number of nitrogens with one attached hydrogen (secondary N) is 2. The Morgan fingerprint density at radius 3 is 2.61 bits per heavy atom. The molecule has 0 saturated carbocycles. The largest absolute Gasteiger partial charge is 0.421 e. The number of halogens is 3. The summed E-state index contributed by atoms with van der Waals surface area (Å²) < 4.78 is 49.9. The number of ether oxygens (including phenoxy) is 2. The number of methoxy groups -OCH3 is 2. The maximum atomic E-state index is 13.0. The number of carbonyl (C=O) groups excluding carboxylic acids is 1. The average molecular weight is 401 g/mol. The van der Waals surface area contributed by atoms with E-state index in [1.165, 1.54) is 27.3 Å². The Labute approximate surface area is 160 Å². The number of allylic oxidation sites excluding steroid dienone is 2. The van der Waals surface area contributed by atoms with E-state index in [-0.39, 0.29) is 18.2 Å². The van der Waals surface area contributed by atoms with Crippen molar-refractivity contribution in [3.8, 4) is 0 Å². The third kappa shape index (κ3) is 4.60. The molecule has 1 aromatic rings. The molecule has 0 aliphatic heterocycles. The molecule has 1 aromatic heterocycles. The van der Waals surface area contributed by atoms with E-state index in [0.29, 0.717) is 30.5 Å². The van der Waals surface area contributed by atoms with Crippen LogP contribution in [0.3, 0.4) is 0 Å². The standard InChI is InChI=1S/C17H22F3N5O3/c1-22-14-11(17(18,19)20)9-23-15(25-14)24-12-5-4-10(13(21)26)8-16(12,28-3)6-7-27-2/h4-5,9H,6-8H2,1-3H3,(H2,21,26)(H2,22,23,24,25). The zero-order valence-electron chi connectivity index (χ0n) is 15.7. The van der Waals surface area contributed by atoms with Gasteiger partial charge in [-0.25, -0.2) is 4.98 Å². The van der Waals surface area contributed by atoms with Gasteiger partial charge >= 0.3 is 6.18 Å². The lowest BCUT2D eigenvalue weighted by atomic mass is 9.83. The summed E-state index contributed by atoms with van der Waals surface area (Å²) in [4.78, 5) is 19.2. The van der Waals surface area contributed by atoms with Crippen molar-refractivity contribution in [2.24, 2.45) is 5.73 Å². The van der Waals surface area contributed by atoms with Gasteiger partial charge in [0.1, 0.15) is 17.0 Å². The lowest BCUT2D eigenvalue weighted by molar-refractivity contribution is -0.137. The van der Waals surface area contributed by atoms with Gasteiger partial charge in [-0.3, -0.25) is 4.79 Å². The molecule has 0 aromatic carbocycles. The molecule has 2 rings (SSSR count). The van der Waals surface area contributed by atoms with Crippen molar-refractivity contribution in [1.29, 1.82) is 0 Å². The molecule has 28 heavy (non-hydrogen) atoms. The van der Waals surface area contributed by atoms with Crippen LogP contribution in [0.15, 0.2) is 29.6 Å². The third-order valence-electron chi connectivity index (χ3n) is 4.41. The number of nitrogens with two attached hydrogens (primary N) is 1. The normalized spacial score (nSPS) is 19.6. The molecule has 4 N–H and O–H groups in total. The third-order valence-corrected chi connectivity index (χ3v) is 4.41. The zero-order chi connectivity index (χ0) is 20.9. The van der Waals surface area contributed by atoms with Gasteiger partial charge in [-0.15, -0.1) is 0 Å². The van der Waals surface area contributed by atoms with E-state index < -0.39 is 23.2 Å². The van der Waals surface area contributed by atoms with Crippen LogP contribution >= 0.6 is 0 Å². The molecular formula is C17H22F3N5O3. The van der Waals surface area contributed by atoms with Crippen LogP contribution in [0.2, 0.25) is 0 Å². The van der Waals surface area contributed by atoms with Crippen molar-refractivity contribution in [1.82, 2.24) is 9.97 Å². The molecule has 1 amide bonds. The van der Waals surface area contributed by atoms with Crippen molar-refractivity contribution in [3.63, 3.8) is 0 Å². The molecule has 1 heterocycles. The van der Waals surface area contributed by atoms with Gasteiger partial charge in [-0.1, -0.05) is 6.08 Å². The van der Waals surface area contributed by atoms with Crippen LogP contribution in [0.5, 0.6) is 0 Å². The Hall–Kier alpha value is -2.66. The highest BCUT2D eigenvalue weighted by Crippen LogP contribution is 2.37. The van der Waals surface area contributed by atoms with Crippen LogP contribution in [0.1, 0.15) is 18.4 Å². The summed E-state index contributed by atoms with van der Waals surface area (Å²) in [7, 11) is 4.31. The lowest BCUT2D eigenvalue weighted by Crippen LogP contribution is -2.42. The van der Waals surface area contributed by atoms with Crippen molar-refractivity contribution >= 4 is 17.7 Å². The molecule has 8 nitrogen and oxygen atoms in total. The Kier molecular flexibility index (Phi) is 6.62. The van der Waals surface area contributed by atoms with E-state index >= 15 is 0 Å². The van der Waals surface area contributed by atoms with Gasteiger partial charge in [-0.05, 0) is 6.08 Å². The van der Waals surface area contributed by atoms with Crippen molar-refractivity contribution in [3.05, 3.63) is 35.2 Å². The molecule has 154 valence electrons. The number of rotatable bonds is 8. The Morgan fingerprint density at radius 2 is 2.07 bits per heavy atom. The monoisotopic (exact) mass is 401 g/mol. The topological polar surface area (TPSA) is 111 Å². The number of aromatic nitrogens is 2. The highest BCUT2D eigenvalue weighted by atomic mass is 19.4. The van der Waals surface area contributed by atoms with Gasteiger partial charge in [0.15, 0.2) is 0 Å².